The number of hydrogen-bond acceptors (Lipinski definition) is 2. The van der Waals surface area contributed by atoms with Crippen LogP contribution in [0.15, 0.2) is 90.0 Å². The van der Waals surface area contributed by atoms with E-state index in [1.165, 1.54) is 16.8 Å². The molecule has 4 heteroatoms. The van der Waals surface area contributed by atoms with Gasteiger partial charge < -0.3 is 9.89 Å². The van der Waals surface area contributed by atoms with Crippen molar-refractivity contribution >= 4 is 18.3 Å². The van der Waals surface area contributed by atoms with Gasteiger partial charge in [0.05, 0.1) is 0 Å². The van der Waals surface area contributed by atoms with Crippen LogP contribution in [0.2, 0.25) is 0 Å². The van der Waals surface area contributed by atoms with E-state index in [0.29, 0.717) is 5.56 Å². The summed E-state index contributed by atoms with van der Waals surface area (Å²) in [6, 6.07) is 31.4. The minimum Gasteiger partial charge on any atom is -0.332 e. The van der Waals surface area contributed by atoms with E-state index in [2.05, 4.69) is 67.0 Å². The zero-order valence-corrected chi connectivity index (χ0v) is 21.4. The molecule has 0 saturated carbocycles. The number of nitrogens with zero attached hydrogens (tertiary/aromatic N) is 2. The Morgan fingerprint density at radius 3 is 2.42 bits per heavy atom. The first-order valence-electron chi connectivity index (χ1n) is 12.2. The Bertz CT molecular complexity index is 1380. The topological polar surface area (TPSA) is 25.2 Å². The number of pyridine rings is 1. The summed E-state index contributed by atoms with van der Waals surface area (Å²) in [5.41, 5.74) is 4.30. The third-order valence-electron chi connectivity index (χ3n) is 5.32. The third-order valence-corrected chi connectivity index (χ3v) is 5.32. The molecule has 0 N–H and O–H groups in total. The number of hydrogen-bond donors (Lipinski definition) is 0. The maximum Gasteiger partial charge on any atom is 0.313 e. The molecule has 1 radical (unpaired) electrons. The number of aromatic nitrogens is 1. The van der Waals surface area contributed by atoms with E-state index >= 15 is 0 Å². The number of benzene rings is 3. The second kappa shape index (κ2) is 10.9. The van der Waals surface area contributed by atoms with Crippen LogP contribution in [-0.2, 0) is 25.5 Å². The zero-order valence-electron chi connectivity index (χ0n) is 22.0. The monoisotopic (exact) mass is 610 g/mol. The Morgan fingerprint density at radius 1 is 0.939 bits per heavy atom. The number of rotatable bonds is 2. The van der Waals surface area contributed by atoms with Crippen molar-refractivity contribution in [3.63, 3.8) is 0 Å². The average Bonchev–Trinajstić information content (AvgIpc) is 3.29. The van der Waals surface area contributed by atoms with Gasteiger partial charge in [-0.2, -0.15) is 35.8 Å². The minimum absolute atomic E-state index is 0. The molecule has 0 unspecified atom stereocenters. The fraction of sp³-hybridized carbons (Fsp3) is 0.172. The molecule has 2 heterocycles. The predicted octanol–water partition coefficient (Wildman–Crippen LogP) is 4.49. The van der Waals surface area contributed by atoms with Gasteiger partial charge in [0.2, 0.25) is 0 Å². The van der Waals surface area contributed by atoms with Gasteiger partial charge in [0.1, 0.15) is 0 Å². The van der Waals surface area contributed by atoms with Crippen LogP contribution >= 0.6 is 0 Å². The van der Waals surface area contributed by atoms with Gasteiger partial charge in [-0.1, -0.05) is 57.9 Å². The molecular formula is C29H27BIrN2-2. The number of fused-ring (bicyclic) bond motifs is 1. The van der Waals surface area contributed by atoms with Crippen LogP contribution in [0, 0.1) is 19.0 Å². The molecule has 33 heavy (non-hydrogen) atoms. The molecule has 3 aromatic carbocycles. The van der Waals surface area contributed by atoms with Crippen LogP contribution in [-0.4, -0.2) is 11.8 Å². The van der Waals surface area contributed by atoms with Gasteiger partial charge in [0, 0.05) is 35.8 Å². The predicted molar refractivity (Wildman–Crippen MR) is 134 cm³/mol. The van der Waals surface area contributed by atoms with Crippen molar-refractivity contribution in [2.45, 2.75) is 33.0 Å². The van der Waals surface area contributed by atoms with Crippen molar-refractivity contribution in [3.8, 4) is 11.3 Å². The van der Waals surface area contributed by atoms with Crippen molar-refractivity contribution in [3.05, 3.63) is 119 Å². The van der Waals surface area contributed by atoms with Gasteiger partial charge in [0.25, 0.3) is 0 Å². The Kier molecular flexibility index (Phi) is 6.85. The van der Waals surface area contributed by atoms with E-state index in [-0.39, 0.29) is 32.4 Å². The molecule has 1 aromatic heterocycles. The van der Waals surface area contributed by atoms with Crippen LogP contribution in [0.4, 0.5) is 0 Å². The van der Waals surface area contributed by atoms with Crippen molar-refractivity contribution in [2.75, 3.05) is 0 Å². The third kappa shape index (κ3) is 6.38. The molecule has 2 nitrogen and oxygen atoms in total. The molecule has 0 spiro atoms. The van der Waals surface area contributed by atoms with Gasteiger partial charge >= 0.3 is 6.85 Å². The zero-order chi connectivity index (χ0) is 25.1. The first-order chi connectivity index (χ1) is 16.6. The Labute approximate surface area is 215 Å². The van der Waals surface area contributed by atoms with Gasteiger partial charge in [-0.05, 0) is 34.0 Å². The summed E-state index contributed by atoms with van der Waals surface area (Å²) in [6.45, 7) is 4.49. The second-order valence-electron chi connectivity index (χ2n) is 8.79. The first-order valence-corrected chi connectivity index (χ1v) is 10.7. The van der Waals surface area contributed by atoms with Crippen LogP contribution in [0.3, 0.4) is 0 Å². The van der Waals surface area contributed by atoms with E-state index in [1.54, 1.807) is 18.3 Å². The fourth-order valence-electron chi connectivity index (χ4n) is 3.48. The van der Waals surface area contributed by atoms with E-state index in [4.69, 9.17) is 4.11 Å². The molecular weight excluding hydrogens is 579 g/mol. The molecule has 1 aliphatic heterocycles. The standard InChI is InChI=1S/C16H18N.C13H9BN.Ir/c1-12-5-7-13(8-6-12)15-11-14(9-10-17-15)16(2,3)4;1-2-7-12(8-3-1)14-10-11-6-4-5-9-13(11)15-14;/h5-7,9-11H,1-4H3;1-7,9-10H;/q2*-1;/i1D3;;. The Hall–Kier alpha value is -2.81. The molecule has 167 valence electrons. The van der Waals surface area contributed by atoms with Crippen molar-refractivity contribution in [2.24, 2.45) is 4.90 Å². The summed E-state index contributed by atoms with van der Waals surface area (Å²) in [7, 11) is 0. The van der Waals surface area contributed by atoms with E-state index in [1.807, 2.05) is 42.5 Å². The van der Waals surface area contributed by atoms with Crippen molar-refractivity contribution in [1.29, 1.82) is 0 Å². The number of aryl methyl sites for hydroxylation is 1. The van der Waals surface area contributed by atoms with Crippen molar-refractivity contribution < 1.29 is 24.2 Å². The first kappa shape index (κ1) is 20.8. The quantitative estimate of drug-likeness (QED) is 0.243. The van der Waals surface area contributed by atoms with Crippen molar-refractivity contribution in [1.82, 2.24) is 4.98 Å². The van der Waals surface area contributed by atoms with Gasteiger partial charge in [-0.25, -0.2) is 0 Å². The van der Waals surface area contributed by atoms with Crippen LogP contribution < -0.4 is 16.0 Å². The molecule has 1 aliphatic rings. The average molecular weight is 610 g/mol. The summed E-state index contributed by atoms with van der Waals surface area (Å²) in [4.78, 5) is 8.98. The van der Waals surface area contributed by atoms with Gasteiger partial charge in [-0.15, -0.1) is 35.4 Å². The molecule has 0 saturated heterocycles. The molecule has 4 aromatic rings. The molecule has 0 atom stereocenters. The SMILES string of the molecule is [2H]C([2H])([2H])c1c[c-]c(-c2cc(C(C)(C)C)ccn2)cc1.[Ir].[c-]1ccccc1B1C=c2ccccc2=N1. The smallest absolute Gasteiger partial charge is 0.313 e. The molecule has 5 rings (SSSR count). The summed E-state index contributed by atoms with van der Waals surface area (Å²) in [6.07, 6.45) is 1.78. The van der Waals surface area contributed by atoms with Gasteiger partial charge in [0.15, 0.2) is 0 Å². The largest absolute Gasteiger partial charge is 0.332 e. The summed E-state index contributed by atoms with van der Waals surface area (Å²) >= 11 is 0. The van der Waals surface area contributed by atoms with Gasteiger partial charge in [-0.3, -0.25) is 0 Å². The fourth-order valence-corrected chi connectivity index (χ4v) is 3.48. The molecule has 0 amide bonds. The van der Waals surface area contributed by atoms with Crippen LogP contribution in [0.1, 0.15) is 36.0 Å². The Morgan fingerprint density at radius 2 is 1.76 bits per heavy atom. The van der Waals surface area contributed by atoms with E-state index < -0.39 is 6.85 Å². The summed E-state index contributed by atoms with van der Waals surface area (Å²) in [5, 5.41) is 2.31. The van der Waals surface area contributed by atoms with Crippen LogP contribution in [0.5, 0.6) is 0 Å². The molecule has 0 fully saturated rings. The summed E-state index contributed by atoms with van der Waals surface area (Å²) < 4.78 is 22.1. The molecule has 0 bridgehead atoms. The normalized spacial score (nSPS) is 13.5. The molecule has 0 aliphatic carbocycles. The second-order valence-corrected chi connectivity index (χ2v) is 8.79. The maximum atomic E-state index is 7.36. The summed E-state index contributed by atoms with van der Waals surface area (Å²) in [5.74, 6) is 2.18. The maximum absolute atomic E-state index is 7.36. The van der Waals surface area contributed by atoms with E-state index in [0.717, 1.165) is 22.1 Å². The Balaban J connectivity index is 0.000000202. The van der Waals surface area contributed by atoms with E-state index in [9.17, 15) is 0 Å². The van der Waals surface area contributed by atoms with Crippen LogP contribution in [0.25, 0.3) is 17.2 Å². The minimum atomic E-state index is -2.09.